The molecule has 5 aromatic rings. The van der Waals surface area contributed by atoms with E-state index in [0.29, 0.717) is 43.1 Å². The summed E-state index contributed by atoms with van der Waals surface area (Å²) in [6.07, 6.45) is 2.70. The lowest BCUT2D eigenvalue weighted by atomic mass is 10.1. The predicted octanol–water partition coefficient (Wildman–Crippen LogP) is 5.88. The second kappa shape index (κ2) is 13.0. The molecule has 0 spiro atoms. The highest BCUT2D eigenvalue weighted by molar-refractivity contribution is 5.97. The zero-order valence-electron chi connectivity index (χ0n) is 25.0. The number of amides is 2. The van der Waals surface area contributed by atoms with Gasteiger partial charge < -0.3 is 29.2 Å². The van der Waals surface area contributed by atoms with Crippen LogP contribution in [0.4, 0.5) is 5.69 Å². The van der Waals surface area contributed by atoms with Crippen LogP contribution in [0.5, 0.6) is 11.5 Å². The Morgan fingerprint density at radius 3 is 2.27 bits per heavy atom. The smallest absolute Gasteiger partial charge is 0.254 e. The van der Waals surface area contributed by atoms with E-state index in [1.165, 1.54) is 0 Å². The summed E-state index contributed by atoms with van der Waals surface area (Å²) in [5.41, 5.74) is 5.73. The molecule has 4 aromatic carbocycles. The molecule has 0 saturated carbocycles. The molecule has 0 radical (unpaired) electrons. The molecule has 0 unspecified atom stereocenters. The number of nitrogens with zero attached hydrogens (tertiary/aromatic N) is 3. The molecule has 1 aliphatic rings. The van der Waals surface area contributed by atoms with Gasteiger partial charge in [0.2, 0.25) is 12.7 Å². The number of benzene rings is 4. The monoisotopic (exact) mass is 588 g/mol. The highest BCUT2D eigenvalue weighted by Crippen LogP contribution is 2.33. The van der Waals surface area contributed by atoms with Crippen molar-refractivity contribution in [1.29, 1.82) is 0 Å². The van der Waals surface area contributed by atoms with Crippen molar-refractivity contribution in [3.05, 3.63) is 126 Å². The summed E-state index contributed by atoms with van der Waals surface area (Å²) in [4.78, 5) is 36.9. The van der Waals surface area contributed by atoms with Crippen molar-refractivity contribution in [3.8, 4) is 11.5 Å². The van der Waals surface area contributed by atoms with E-state index in [1.54, 1.807) is 23.1 Å². The third-order valence-corrected chi connectivity index (χ3v) is 7.95. The van der Waals surface area contributed by atoms with Gasteiger partial charge >= 0.3 is 0 Å². The number of para-hydroxylation sites is 1. The summed E-state index contributed by atoms with van der Waals surface area (Å²) in [6.45, 7) is 1.30. The SMILES string of the molecule is CN(C)c1ccc(CN(CCc2c[nH]c3ccccc23)C(=O)CN(Cc2ccccc2)C(=O)c2ccc3c(c2)OCO3)cc1. The third-order valence-electron chi connectivity index (χ3n) is 7.95. The van der Waals surface area contributed by atoms with E-state index in [4.69, 9.17) is 9.47 Å². The number of aromatic nitrogens is 1. The quantitative estimate of drug-likeness (QED) is 0.209. The van der Waals surface area contributed by atoms with Crippen molar-refractivity contribution in [3.63, 3.8) is 0 Å². The number of hydrogen-bond acceptors (Lipinski definition) is 5. The molecule has 0 saturated heterocycles. The van der Waals surface area contributed by atoms with Crippen LogP contribution in [0.3, 0.4) is 0 Å². The van der Waals surface area contributed by atoms with E-state index in [-0.39, 0.29) is 25.2 Å². The van der Waals surface area contributed by atoms with Crippen LogP contribution in [-0.4, -0.2) is 60.6 Å². The molecule has 1 aliphatic heterocycles. The molecular formula is C36H36N4O4. The predicted molar refractivity (Wildman–Crippen MR) is 172 cm³/mol. The Balaban J connectivity index is 1.26. The number of ether oxygens (including phenoxy) is 2. The molecule has 1 N–H and O–H groups in total. The van der Waals surface area contributed by atoms with Crippen molar-refractivity contribution in [2.24, 2.45) is 0 Å². The number of H-pyrrole nitrogens is 1. The lowest BCUT2D eigenvalue weighted by Crippen LogP contribution is -2.43. The first-order chi connectivity index (χ1) is 21.4. The first kappa shape index (κ1) is 28.9. The molecule has 224 valence electrons. The standard InChI is InChI=1S/C36H36N4O4/c1-38(2)30-15-12-27(13-16-30)22-39(19-18-29-21-37-32-11-7-6-10-31(29)32)35(41)24-40(23-26-8-4-3-5-9-26)36(42)28-14-17-33-34(20-28)44-25-43-33/h3-17,20-21,37H,18-19,22-25H2,1-2H3. The topological polar surface area (TPSA) is 78.1 Å². The van der Waals surface area contributed by atoms with Gasteiger partial charge in [0.15, 0.2) is 11.5 Å². The fourth-order valence-electron chi connectivity index (χ4n) is 5.48. The number of rotatable bonds is 11. The number of carbonyl (C=O) groups is 2. The maximum atomic E-state index is 14.1. The average molecular weight is 589 g/mol. The molecule has 2 amide bonds. The maximum Gasteiger partial charge on any atom is 0.254 e. The molecule has 44 heavy (non-hydrogen) atoms. The summed E-state index contributed by atoms with van der Waals surface area (Å²) in [6, 6.07) is 31.3. The number of aromatic amines is 1. The molecular weight excluding hydrogens is 552 g/mol. The van der Waals surface area contributed by atoms with Gasteiger partial charge in [0.25, 0.3) is 5.91 Å². The number of nitrogens with one attached hydrogen (secondary N) is 1. The van der Waals surface area contributed by atoms with Gasteiger partial charge in [0.05, 0.1) is 0 Å². The zero-order chi connectivity index (χ0) is 30.5. The van der Waals surface area contributed by atoms with E-state index in [9.17, 15) is 9.59 Å². The second-order valence-corrected chi connectivity index (χ2v) is 11.2. The Morgan fingerprint density at radius 1 is 0.773 bits per heavy atom. The van der Waals surface area contributed by atoms with Crippen LogP contribution >= 0.6 is 0 Å². The van der Waals surface area contributed by atoms with E-state index >= 15 is 0 Å². The highest BCUT2D eigenvalue weighted by Gasteiger charge is 2.25. The Kier molecular flexibility index (Phi) is 8.50. The lowest BCUT2D eigenvalue weighted by Gasteiger charge is -2.28. The number of hydrogen-bond donors (Lipinski definition) is 1. The molecule has 8 nitrogen and oxygen atoms in total. The van der Waals surface area contributed by atoms with Crippen LogP contribution in [0.15, 0.2) is 103 Å². The summed E-state index contributed by atoms with van der Waals surface area (Å²) in [5.74, 6) is 0.776. The largest absolute Gasteiger partial charge is 0.454 e. The van der Waals surface area contributed by atoms with Crippen LogP contribution < -0.4 is 14.4 Å². The van der Waals surface area contributed by atoms with Gasteiger partial charge in [0, 0.05) is 62.1 Å². The van der Waals surface area contributed by atoms with Crippen molar-refractivity contribution < 1.29 is 19.1 Å². The van der Waals surface area contributed by atoms with Crippen LogP contribution in [0.25, 0.3) is 10.9 Å². The Labute approximate surface area is 257 Å². The number of fused-ring (bicyclic) bond motifs is 2. The third kappa shape index (κ3) is 6.54. The van der Waals surface area contributed by atoms with E-state index < -0.39 is 0 Å². The van der Waals surface area contributed by atoms with E-state index in [1.807, 2.05) is 72.6 Å². The minimum absolute atomic E-state index is 0.0637. The normalized spacial score (nSPS) is 11.9. The van der Waals surface area contributed by atoms with E-state index in [2.05, 4.69) is 41.4 Å². The van der Waals surface area contributed by atoms with Crippen molar-refractivity contribution in [2.75, 3.05) is 38.9 Å². The highest BCUT2D eigenvalue weighted by atomic mass is 16.7. The van der Waals surface area contributed by atoms with Gasteiger partial charge in [-0.1, -0.05) is 60.7 Å². The average Bonchev–Trinajstić information content (AvgIpc) is 3.70. The van der Waals surface area contributed by atoms with Crippen LogP contribution in [0, 0.1) is 0 Å². The molecule has 0 aliphatic carbocycles. The summed E-state index contributed by atoms with van der Waals surface area (Å²) in [5, 5.41) is 1.15. The van der Waals surface area contributed by atoms with Crippen LogP contribution in [0.2, 0.25) is 0 Å². The minimum atomic E-state index is -0.243. The zero-order valence-corrected chi connectivity index (χ0v) is 25.0. The van der Waals surface area contributed by atoms with Gasteiger partial charge in [-0.2, -0.15) is 0 Å². The Hall–Kier alpha value is -5.24. The van der Waals surface area contributed by atoms with Gasteiger partial charge in [-0.15, -0.1) is 0 Å². The Bertz CT molecular complexity index is 1750. The minimum Gasteiger partial charge on any atom is -0.454 e. The van der Waals surface area contributed by atoms with Crippen molar-refractivity contribution in [2.45, 2.75) is 19.5 Å². The molecule has 6 rings (SSSR count). The first-order valence-electron chi connectivity index (χ1n) is 14.8. The maximum absolute atomic E-state index is 14.1. The van der Waals surface area contributed by atoms with Crippen LogP contribution in [0.1, 0.15) is 27.0 Å². The van der Waals surface area contributed by atoms with Gasteiger partial charge in [-0.3, -0.25) is 9.59 Å². The van der Waals surface area contributed by atoms with Crippen molar-refractivity contribution in [1.82, 2.24) is 14.8 Å². The summed E-state index contributed by atoms with van der Waals surface area (Å²) < 4.78 is 11.0. The van der Waals surface area contributed by atoms with Gasteiger partial charge in [0.1, 0.15) is 6.54 Å². The number of anilines is 1. The molecule has 0 bridgehead atoms. The second-order valence-electron chi connectivity index (χ2n) is 11.2. The molecule has 0 atom stereocenters. The fourth-order valence-corrected chi connectivity index (χ4v) is 5.48. The lowest BCUT2D eigenvalue weighted by molar-refractivity contribution is -0.132. The van der Waals surface area contributed by atoms with Crippen LogP contribution in [-0.2, 0) is 24.3 Å². The fraction of sp³-hybridized carbons (Fsp3) is 0.222. The Morgan fingerprint density at radius 2 is 1.48 bits per heavy atom. The van der Waals surface area contributed by atoms with E-state index in [0.717, 1.165) is 33.3 Å². The molecule has 0 fully saturated rings. The van der Waals surface area contributed by atoms with Gasteiger partial charge in [-0.25, -0.2) is 0 Å². The van der Waals surface area contributed by atoms with Gasteiger partial charge in [-0.05, 0) is 59.5 Å². The summed E-state index contributed by atoms with van der Waals surface area (Å²) >= 11 is 0. The summed E-state index contributed by atoms with van der Waals surface area (Å²) in [7, 11) is 4.01. The van der Waals surface area contributed by atoms with Crippen molar-refractivity contribution >= 4 is 28.4 Å². The molecule has 2 heterocycles. The molecule has 8 heteroatoms. The molecule has 1 aromatic heterocycles. The first-order valence-corrected chi connectivity index (χ1v) is 14.8. The number of carbonyl (C=O) groups excluding carboxylic acids is 2.